The molecule has 140 valence electrons. The van der Waals surface area contributed by atoms with Gasteiger partial charge in [0.05, 0.1) is 22.8 Å². The van der Waals surface area contributed by atoms with Crippen LogP contribution in [0.3, 0.4) is 0 Å². The second-order valence-corrected chi connectivity index (χ2v) is 6.72. The number of imidazole rings is 1. The number of benzene rings is 1. The van der Waals surface area contributed by atoms with Gasteiger partial charge < -0.3 is 19.9 Å². The van der Waals surface area contributed by atoms with Crippen molar-refractivity contribution in [2.45, 2.75) is 18.9 Å². The van der Waals surface area contributed by atoms with Crippen LogP contribution in [0.5, 0.6) is 0 Å². The summed E-state index contributed by atoms with van der Waals surface area (Å²) < 4.78 is 16.4. The van der Waals surface area contributed by atoms with E-state index in [1.54, 1.807) is 6.07 Å². The SMILES string of the molecule is Cn1c(-c2cc(N3CCC(NC(=O)O)CC3)ncc2F)nc2ccccc21. The number of carboxylic acid groups (broad SMARTS) is 1. The van der Waals surface area contributed by atoms with Crippen LogP contribution in [-0.2, 0) is 7.05 Å². The zero-order valence-electron chi connectivity index (χ0n) is 14.9. The average Bonchev–Trinajstić information content (AvgIpc) is 2.99. The number of anilines is 1. The lowest BCUT2D eigenvalue weighted by Crippen LogP contribution is -2.44. The Morgan fingerprint density at radius 1 is 1.30 bits per heavy atom. The van der Waals surface area contributed by atoms with E-state index in [2.05, 4.69) is 15.3 Å². The van der Waals surface area contributed by atoms with Crippen molar-refractivity contribution in [2.24, 2.45) is 7.05 Å². The molecule has 0 atom stereocenters. The number of pyridine rings is 1. The first-order valence-corrected chi connectivity index (χ1v) is 8.84. The Balaban J connectivity index is 1.62. The summed E-state index contributed by atoms with van der Waals surface area (Å²) in [7, 11) is 1.87. The van der Waals surface area contributed by atoms with Gasteiger partial charge in [-0.25, -0.2) is 19.2 Å². The topological polar surface area (TPSA) is 83.3 Å². The summed E-state index contributed by atoms with van der Waals surface area (Å²) in [5, 5.41) is 11.4. The Morgan fingerprint density at radius 3 is 2.74 bits per heavy atom. The van der Waals surface area contributed by atoms with Crippen LogP contribution < -0.4 is 10.2 Å². The van der Waals surface area contributed by atoms with E-state index in [0.717, 1.165) is 11.0 Å². The van der Waals surface area contributed by atoms with E-state index in [1.165, 1.54) is 6.20 Å². The molecule has 1 aromatic carbocycles. The first kappa shape index (κ1) is 17.3. The number of para-hydroxylation sites is 2. The van der Waals surface area contributed by atoms with E-state index in [0.29, 0.717) is 43.1 Å². The van der Waals surface area contributed by atoms with Crippen LogP contribution in [0.4, 0.5) is 15.0 Å². The zero-order valence-corrected chi connectivity index (χ0v) is 14.9. The molecule has 1 fully saturated rings. The molecule has 1 aliphatic rings. The lowest BCUT2D eigenvalue weighted by Gasteiger charge is -2.32. The molecular formula is C19H20FN5O2. The second kappa shape index (κ2) is 6.86. The molecule has 3 aromatic rings. The minimum Gasteiger partial charge on any atom is -0.465 e. The van der Waals surface area contributed by atoms with Crippen molar-refractivity contribution in [2.75, 3.05) is 18.0 Å². The number of hydrogen-bond acceptors (Lipinski definition) is 4. The minimum atomic E-state index is -1.00. The molecule has 3 heterocycles. The predicted molar refractivity (Wildman–Crippen MR) is 100 cm³/mol. The van der Waals surface area contributed by atoms with Gasteiger partial charge in [0, 0.05) is 26.2 Å². The van der Waals surface area contributed by atoms with Gasteiger partial charge >= 0.3 is 6.09 Å². The van der Waals surface area contributed by atoms with Gasteiger partial charge in [-0.2, -0.15) is 0 Å². The molecule has 7 nitrogen and oxygen atoms in total. The third-order valence-electron chi connectivity index (χ3n) is 5.02. The van der Waals surface area contributed by atoms with Crippen LogP contribution in [0, 0.1) is 5.82 Å². The lowest BCUT2D eigenvalue weighted by atomic mass is 10.1. The smallest absolute Gasteiger partial charge is 0.404 e. The Kier molecular flexibility index (Phi) is 4.39. The molecule has 0 unspecified atom stereocenters. The van der Waals surface area contributed by atoms with Gasteiger partial charge in [-0.15, -0.1) is 0 Å². The minimum absolute atomic E-state index is 0.0569. The van der Waals surface area contributed by atoms with Crippen LogP contribution in [-0.4, -0.2) is 44.9 Å². The van der Waals surface area contributed by atoms with E-state index in [4.69, 9.17) is 5.11 Å². The third kappa shape index (κ3) is 3.30. The fourth-order valence-electron chi connectivity index (χ4n) is 3.59. The van der Waals surface area contributed by atoms with Crippen molar-refractivity contribution in [3.8, 4) is 11.4 Å². The third-order valence-corrected chi connectivity index (χ3v) is 5.02. The Bertz CT molecular complexity index is 995. The van der Waals surface area contributed by atoms with Crippen LogP contribution in [0.25, 0.3) is 22.4 Å². The maximum atomic E-state index is 14.5. The molecule has 8 heteroatoms. The van der Waals surface area contributed by atoms with E-state index in [-0.39, 0.29) is 6.04 Å². The summed E-state index contributed by atoms with van der Waals surface area (Å²) in [6.45, 7) is 1.32. The summed E-state index contributed by atoms with van der Waals surface area (Å²) in [4.78, 5) is 21.6. The first-order chi connectivity index (χ1) is 13.0. The number of nitrogens with one attached hydrogen (secondary N) is 1. The lowest BCUT2D eigenvalue weighted by molar-refractivity contribution is 0.187. The molecule has 2 N–H and O–H groups in total. The van der Waals surface area contributed by atoms with Gasteiger partial charge in [-0.3, -0.25) is 0 Å². The molecule has 0 radical (unpaired) electrons. The predicted octanol–water partition coefficient (Wildman–Crippen LogP) is 3.01. The number of aryl methyl sites for hydroxylation is 1. The monoisotopic (exact) mass is 369 g/mol. The first-order valence-electron chi connectivity index (χ1n) is 8.84. The largest absolute Gasteiger partial charge is 0.465 e. The maximum Gasteiger partial charge on any atom is 0.404 e. The second-order valence-electron chi connectivity index (χ2n) is 6.72. The quantitative estimate of drug-likeness (QED) is 0.742. The number of rotatable bonds is 3. The molecule has 1 aliphatic heterocycles. The maximum absolute atomic E-state index is 14.5. The number of carbonyl (C=O) groups is 1. The van der Waals surface area contributed by atoms with Gasteiger partial charge in [0.25, 0.3) is 0 Å². The van der Waals surface area contributed by atoms with Gasteiger partial charge in [-0.05, 0) is 31.0 Å². The number of aromatic nitrogens is 3. The van der Waals surface area contributed by atoms with E-state index < -0.39 is 11.9 Å². The number of nitrogens with zero attached hydrogens (tertiary/aromatic N) is 4. The highest BCUT2D eigenvalue weighted by atomic mass is 19.1. The normalized spacial score (nSPS) is 15.3. The molecule has 27 heavy (non-hydrogen) atoms. The summed E-state index contributed by atoms with van der Waals surface area (Å²) in [5.41, 5.74) is 2.16. The van der Waals surface area contributed by atoms with Crippen LogP contribution in [0.1, 0.15) is 12.8 Å². The summed E-state index contributed by atoms with van der Waals surface area (Å²) in [6, 6.07) is 9.35. The van der Waals surface area contributed by atoms with Gasteiger partial charge in [0.1, 0.15) is 11.6 Å². The molecule has 0 bridgehead atoms. The summed E-state index contributed by atoms with van der Waals surface area (Å²) in [5.74, 6) is 0.812. The Morgan fingerprint density at radius 2 is 2.04 bits per heavy atom. The summed E-state index contributed by atoms with van der Waals surface area (Å²) >= 11 is 0. The van der Waals surface area contributed by atoms with Crippen LogP contribution in [0.15, 0.2) is 36.5 Å². The fourth-order valence-corrected chi connectivity index (χ4v) is 3.59. The molecule has 0 saturated carbocycles. The molecule has 0 aliphatic carbocycles. The van der Waals surface area contributed by atoms with E-state index >= 15 is 0 Å². The van der Waals surface area contributed by atoms with Crippen LogP contribution >= 0.6 is 0 Å². The molecular weight excluding hydrogens is 349 g/mol. The zero-order chi connectivity index (χ0) is 19.0. The highest BCUT2D eigenvalue weighted by molar-refractivity contribution is 5.81. The average molecular weight is 369 g/mol. The van der Waals surface area contributed by atoms with E-state index in [9.17, 15) is 9.18 Å². The number of amides is 1. The molecule has 4 rings (SSSR count). The highest BCUT2D eigenvalue weighted by Crippen LogP contribution is 2.29. The van der Waals surface area contributed by atoms with Crippen LogP contribution in [0.2, 0.25) is 0 Å². The molecule has 1 saturated heterocycles. The molecule has 1 amide bonds. The molecule has 0 spiro atoms. The number of hydrogen-bond donors (Lipinski definition) is 2. The van der Waals surface area contributed by atoms with Gasteiger partial charge in [0.2, 0.25) is 0 Å². The number of piperidine rings is 1. The molecule has 2 aromatic heterocycles. The fraction of sp³-hybridized carbons (Fsp3) is 0.316. The van der Waals surface area contributed by atoms with Crippen molar-refractivity contribution in [1.82, 2.24) is 19.9 Å². The highest BCUT2D eigenvalue weighted by Gasteiger charge is 2.23. The summed E-state index contributed by atoms with van der Waals surface area (Å²) in [6.07, 6.45) is 1.60. The standard InChI is InChI=1S/C19H20FN5O2/c1-24-16-5-3-2-4-15(16)23-18(24)13-10-17(21-11-14(13)20)25-8-6-12(7-9-25)22-19(26)27/h2-5,10-12,22H,6-9H2,1H3,(H,26,27). The van der Waals surface area contributed by atoms with Crippen molar-refractivity contribution < 1.29 is 14.3 Å². The Labute approximate surface area is 155 Å². The van der Waals surface area contributed by atoms with Gasteiger partial charge in [0.15, 0.2) is 5.82 Å². The van der Waals surface area contributed by atoms with Crippen molar-refractivity contribution in [3.05, 3.63) is 42.3 Å². The van der Waals surface area contributed by atoms with E-state index in [1.807, 2.05) is 40.8 Å². The number of halogens is 1. The van der Waals surface area contributed by atoms with Crippen molar-refractivity contribution in [1.29, 1.82) is 0 Å². The van der Waals surface area contributed by atoms with Crippen molar-refractivity contribution >= 4 is 22.9 Å². The Hall–Kier alpha value is -3.16. The van der Waals surface area contributed by atoms with Crippen molar-refractivity contribution in [3.63, 3.8) is 0 Å². The number of fused-ring (bicyclic) bond motifs is 1. The van der Waals surface area contributed by atoms with Gasteiger partial charge in [-0.1, -0.05) is 12.1 Å².